The number of rotatable bonds is 1. The van der Waals surface area contributed by atoms with Gasteiger partial charge in [-0.25, -0.2) is 0 Å². The number of aliphatic hydroxyl groups is 1. The first-order valence-electron chi connectivity index (χ1n) is 4.55. The Bertz CT molecular complexity index is 196. The summed E-state index contributed by atoms with van der Waals surface area (Å²) in [5.41, 5.74) is 0. The maximum absolute atomic E-state index is 11.5. The van der Waals surface area contributed by atoms with Crippen LogP contribution in [0.15, 0.2) is 0 Å². The van der Waals surface area contributed by atoms with E-state index in [2.05, 4.69) is 15.9 Å². The molecule has 0 aromatic rings. The molecule has 1 fully saturated rings. The number of halogens is 1. The van der Waals surface area contributed by atoms with Gasteiger partial charge in [0.1, 0.15) is 0 Å². The van der Waals surface area contributed by atoms with Crippen LogP contribution in [0.2, 0.25) is 0 Å². The van der Waals surface area contributed by atoms with E-state index in [-0.39, 0.29) is 22.8 Å². The Morgan fingerprint density at radius 1 is 1.46 bits per heavy atom. The highest BCUT2D eigenvalue weighted by Crippen LogP contribution is 2.29. The Hall–Kier alpha value is -0.0900. The van der Waals surface area contributed by atoms with Crippen LogP contribution in [0.3, 0.4) is 0 Å². The van der Waals surface area contributed by atoms with E-state index in [1.807, 2.05) is 0 Å². The van der Waals surface area contributed by atoms with Gasteiger partial charge in [-0.3, -0.25) is 4.79 Å². The van der Waals surface area contributed by atoms with Gasteiger partial charge >= 0.3 is 0 Å². The van der Waals surface area contributed by atoms with Gasteiger partial charge in [0, 0.05) is 24.8 Å². The summed E-state index contributed by atoms with van der Waals surface area (Å²) in [6, 6.07) is 0. The summed E-state index contributed by atoms with van der Waals surface area (Å²) < 4.78 is 0. The number of hydrogen-bond donors (Lipinski definition) is 1. The van der Waals surface area contributed by atoms with E-state index in [1.54, 1.807) is 19.0 Å². The molecule has 0 aromatic carbocycles. The minimum atomic E-state index is -0.373. The zero-order valence-electron chi connectivity index (χ0n) is 8.03. The summed E-state index contributed by atoms with van der Waals surface area (Å²) in [7, 11) is 3.52. The second-order valence-electron chi connectivity index (χ2n) is 3.83. The van der Waals surface area contributed by atoms with Crippen molar-refractivity contribution in [2.24, 2.45) is 5.92 Å². The lowest BCUT2D eigenvalue weighted by Crippen LogP contribution is -2.38. The van der Waals surface area contributed by atoms with Crippen LogP contribution in [0.4, 0.5) is 0 Å². The molecule has 3 nitrogen and oxygen atoms in total. The third-order valence-corrected chi connectivity index (χ3v) is 3.59. The van der Waals surface area contributed by atoms with Crippen molar-refractivity contribution in [3.8, 4) is 0 Å². The molecule has 1 rings (SSSR count). The Morgan fingerprint density at radius 2 is 2.08 bits per heavy atom. The van der Waals surface area contributed by atoms with Crippen molar-refractivity contribution in [1.82, 2.24) is 4.90 Å². The van der Waals surface area contributed by atoms with Gasteiger partial charge in [0.2, 0.25) is 5.91 Å². The molecule has 0 bridgehead atoms. The van der Waals surface area contributed by atoms with Crippen molar-refractivity contribution in [3.63, 3.8) is 0 Å². The Balaban J connectivity index is 2.50. The van der Waals surface area contributed by atoms with Crippen molar-refractivity contribution in [2.45, 2.75) is 30.2 Å². The molecular formula is C9H16BrNO2. The SMILES string of the molecule is CN(C)C(=O)C1CC[C@H](Br)C(O)C1. The van der Waals surface area contributed by atoms with Crippen molar-refractivity contribution in [1.29, 1.82) is 0 Å². The molecule has 0 aliphatic heterocycles. The lowest BCUT2D eigenvalue weighted by molar-refractivity contribution is -0.135. The van der Waals surface area contributed by atoms with Crippen molar-refractivity contribution >= 4 is 21.8 Å². The summed E-state index contributed by atoms with van der Waals surface area (Å²) in [5.74, 6) is 0.150. The summed E-state index contributed by atoms with van der Waals surface area (Å²) in [6.45, 7) is 0. The smallest absolute Gasteiger partial charge is 0.225 e. The highest BCUT2D eigenvalue weighted by atomic mass is 79.9. The topological polar surface area (TPSA) is 40.5 Å². The van der Waals surface area contributed by atoms with Gasteiger partial charge in [-0.2, -0.15) is 0 Å². The molecule has 0 radical (unpaired) electrons. The number of carbonyl (C=O) groups excluding carboxylic acids is 1. The monoisotopic (exact) mass is 249 g/mol. The van der Waals surface area contributed by atoms with E-state index in [1.165, 1.54) is 0 Å². The number of aliphatic hydroxyl groups excluding tert-OH is 1. The molecule has 4 heteroatoms. The van der Waals surface area contributed by atoms with Gasteiger partial charge in [-0.05, 0) is 19.3 Å². The largest absolute Gasteiger partial charge is 0.392 e. The second-order valence-corrected chi connectivity index (χ2v) is 5.00. The van der Waals surface area contributed by atoms with Crippen molar-refractivity contribution in [2.75, 3.05) is 14.1 Å². The Labute approximate surface area is 87.2 Å². The molecule has 0 saturated heterocycles. The van der Waals surface area contributed by atoms with Crippen LogP contribution in [-0.4, -0.2) is 40.9 Å². The molecule has 1 saturated carbocycles. The molecule has 1 N–H and O–H groups in total. The van der Waals surface area contributed by atoms with Crippen LogP contribution in [-0.2, 0) is 4.79 Å². The second kappa shape index (κ2) is 4.42. The highest BCUT2D eigenvalue weighted by Gasteiger charge is 2.31. The number of amides is 1. The van der Waals surface area contributed by atoms with Crippen LogP contribution in [0.25, 0.3) is 0 Å². The molecule has 0 aromatic heterocycles. The third kappa shape index (κ3) is 2.68. The first-order valence-corrected chi connectivity index (χ1v) is 5.47. The number of alkyl halides is 1. The predicted molar refractivity (Wildman–Crippen MR) is 54.8 cm³/mol. The van der Waals surface area contributed by atoms with Gasteiger partial charge in [0.25, 0.3) is 0 Å². The summed E-state index contributed by atoms with van der Waals surface area (Å²) in [5, 5.41) is 9.56. The number of nitrogens with zero attached hydrogens (tertiary/aromatic N) is 1. The molecule has 3 atom stereocenters. The summed E-state index contributed by atoms with van der Waals surface area (Å²) >= 11 is 3.39. The lowest BCUT2D eigenvalue weighted by Gasteiger charge is -2.30. The predicted octanol–water partition coefficient (Wildman–Crippen LogP) is 0.999. The zero-order valence-corrected chi connectivity index (χ0v) is 9.62. The molecule has 76 valence electrons. The number of carbonyl (C=O) groups is 1. The van der Waals surface area contributed by atoms with Crippen LogP contribution < -0.4 is 0 Å². The minimum Gasteiger partial charge on any atom is -0.392 e. The normalized spacial score (nSPS) is 34.3. The van der Waals surface area contributed by atoms with E-state index in [9.17, 15) is 9.90 Å². The van der Waals surface area contributed by atoms with Gasteiger partial charge < -0.3 is 10.0 Å². The molecule has 2 unspecified atom stereocenters. The standard InChI is InChI=1S/C9H16BrNO2/c1-11(2)9(13)6-3-4-7(10)8(12)5-6/h6-8,12H,3-5H2,1-2H3/t6?,7-,8?/m0/s1. The fraction of sp³-hybridized carbons (Fsp3) is 0.889. The number of hydrogen-bond acceptors (Lipinski definition) is 2. The minimum absolute atomic E-state index is 0.0128. The molecule has 0 spiro atoms. The Kier molecular flexibility index (Phi) is 3.74. The lowest BCUT2D eigenvalue weighted by atomic mass is 9.86. The van der Waals surface area contributed by atoms with E-state index in [0.29, 0.717) is 6.42 Å². The van der Waals surface area contributed by atoms with E-state index in [4.69, 9.17) is 0 Å². The van der Waals surface area contributed by atoms with Gasteiger partial charge in [0.05, 0.1) is 6.10 Å². The maximum Gasteiger partial charge on any atom is 0.225 e. The van der Waals surface area contributed by atoms with Gasteiger partial charge in [0.15, 0.2) is 0 Å². The summed E-state index contributed by atoms with van der Waals surface area (Å²) in [4.78, 5) is 13.3. The van der Waals surface area contributed by atoms with Crippen LogP contribution >= 0.6 is 15.9 Å². The fourth-order valence-corrected chi connectivity index (χ4v) is 2.18. The first-order chi connectivity index (χ1) is 6.02. The molecule has 1 aliphatic carbocycles. The molecule has 13 heavy (non-hydrogen) atoms. The van der Waals surface area contributed by atoms with Crippen molar-refractivity contribution < 1.29 is 9.90 Å². The highest BCUT2D eigenvalue weighted by molar-refractivity contribution is 9.09. The van der Waals surface area contributed by atoms with Crippen molar-refractivity contribution in [3.05, 3.63) is 0 Å². The summed E-state index contributed by atoms with van der Waals surface area (Å²) in [6.07, 6.45) is 1.98. The molecular weight excluding hydrogens is 234 g/mol. The first kappa shape index (κ1) is 11.0. The Morgan fingerprint density at radius 3 is 2.54 bits per heavy atom. The molecule has 1 amide bonds. The van der Waals surface area contributed by atoms with Crippen LogP contribution in [0, 0.1) is 5.92 Å². The van der Waals surface area contributed by atoms with E-state index in [0.717, 1.165) is 12.8 Å². The fourth-order valence-electron chi connectivity index (χ4n) is 1.70. The van der Waals surface area contributed by atoms with Crippen LogP contribution in [0.1, 0.15) is 19.3 Å². The van der Waals surface area contributed by atoms with E-state index < -0.39 is 0 Å². The maximum atomic E-state index is 11.5. The average molecular weight is 250 g/mol. The molecule has 0 heterocycles. The van der Waals surface area contributed by atoms with Crippen LogP contribution in [0.5, 0.6) is 0 Å². The zero-order chi connectivity index (χ0) is 10.0. The van der Waals surface area contributed by atoms with Gasteiger partial charge in [-0.15, -0.1) is 0 Å². The molecule has 1 aliphatic rings. The van der Waals surface area contributed by atoms with Gasteiger partial charge in [-0.1, -0.05) is 15.9 Å². The quantitative estimate of drug-likeness (QED) is 0.705. The van der Waals surface area contributed by atoms with E-state index >= 15 is 0 Å². The average Bonchev–Trinajstić information content (AvgIpc) is 2.08. The third-order valence-electron chi connectivity index (χ3n) is 2.52.